The lowest BCUT2D eigenvalue weighted by atomic mass is 10.1. The van der Waals surface area contributed by atoms with Gasteiger partial charge in [-0.05, 0) is 18.2 Å². The Hall–Kier alpha value is -3.47. The second-order valence-electron chi connectivity index (χ2n) is 5.37. The van der Waals surface area contributed by atoms with E-state index >= 15 is 0 Å². The van der Waals surface area contributed by atoms with Crippen molar-refractivity contribution in [1.82, 2.24) is 9.97 Å². The number of imidazole rings is 1. The summed E-state index contributed by atoms with van der Waals surface area (Å²) in [5.74, 6) is 0.503. The first-order valence-electron chi connectivity index (χ1n) is 7.62. The Balaban J connectivity index is 1.83. The van der Waals surface area contributed by atoms with Crippen molar-refractivity contribution in [3.05, 3.63) is 84.8 Å². The molecule has 116 valence electrons. The Kier molecular flexibility index (Phi) is 3.51. The summed E-state index contributed by atoms with van der Waals surface area (Å²) in [5.41, 5.74) is 3.28. The van der Waals surface area contributed by atoms with Crippen molar-refractivity contribution in [2.75, 3.05) is 5.32 Å². The molecule has 0 spiro atoms. The van der Waals surface area contributed by atoms with Gasteiger partial charge in [-0.3, -0.25) is 14.8 Å². The first-order valence-corrected chi connectivity index (χ1v) is 7.62. The number of aromatic nitrogens is 3. The number of aromatic amines is 1. The van der Waals surface area contributed by atoms with Crippen LogP contribution in [0, 0.1) is 0 Å². The van der Waals surface area contributed by atoms with Crippen LogP contribution in [-0.2, 0) is 0 Å². The standard InChI is InChI=1S/C19H14N4O/c24-19(15-9-6-11-20-13-15)22-18-17(14-7-2-1-3-8-14)21-16-10-4-5-12-23(16)18/h1-13H,(H,22,24)/p+1. The lowest BCUT2D eigenvalue weighted by Gasteiger charge is -2.02. The SMILES string of the molecule is O=C(Nc1c(-c2ccccc2)[nH]c2cccc[n+]12)c1cccnc1. The molecule has 0 saturated carbocycles. The molecule has 4 rings (SSSR count). The van der Waals surface area contributed by atoms with Crippen molar-refractivity contribution in [2.45, 2.75) is 0 Å². The molecule has 0 bridgehead atoms. The highest BCUT2D eigenvalue weighted by molar-refractivity contribution is 6.04. The first kappa shape index (κ1) is 14.1. The van der Waals surface area contributed by atoms with Gasteiger partial charge in [-0.15, -0.1) is 0 Å². The smallest absolute Gasteiger partial charge is 0.267 e. The molecule has 3 aromatic heterocycles. The zero-order chi connectivity index (χ0) is 16.4. The molecule has 0 aliphatic carbocycles. The summed E-state index contributed by atoms with van der Waals surface area (Å²) in [5, 5.41) is 3.00. The largest absolute Gasteiger partial charge is 0.313 e. The van der Waals surface area contributed by atoms with Gasteiger partial charge in [0, 0.05) is 24.0 Å². The number of hydrogen-bond acceptors (Lipinski definition) is 2. The van der Waals surface area contributed by atoms with Gasteiger partial charge in [0.1, 0.15) is 0 Å². The van der Waals surface area contributed by atoms with Crippen molar-refractivity contribution < 1.29 is 9.20 Å². The molecule has 0 fully saturated rings. The number of anilines is 1. The number of nitrogens with zero attached hydrogens (tertiary/aromatic N) is 2. The minimum Gasteiger partial charge on any atom is -0.267 e. The van der Waals surface area contributed by atoms with Crippen molar-refractivity contribution in [2.24, 2.45) is 0 Å². The normalized spacial score (nSPS) is 10.7. The van der Waals surface area contributed by atoms with Crippen LogP contribution in [0.25, 0.3) is 16.9 Å². The Morgan fingerprint density at radius 2 is 1.83 bits per heavy atom. The second-order valence-corrected chi connectivity index (χ2v) is 5.37. The van der Waals surface area contributed by atoms with Gasteiger partial charge < -0.3 is 0 Å². The summed E-state index contributed by atoms with van der Waals surface area (Å²) in [4.78, 5) is 19.9. The lowest BCUT2D eigenvalue weighted by molar-refractivity contribution is -0.493. The summed E-state index contributed by atoms with van der Waals surface area (Å²) in [6.45, 7) is 0. The number of benzene rings is 1. The number of rotatable bonds is 3. The van der Waals surface area contributed by atoms with Crippen molar-refractivity contribution in [3.63, 3.8) is 0 Å². The monoisotopic (exact) mass is 315 g/mol. The van der Waals surface area contributed by atoms with Crippen LogP contribution >= 0.6 is 0 Å². The molecule has 0 atom stereocenters. The van der Waals surface area contributed by atoms with Crippen LogP contribution in [0.1, 0.15) is 10.4 Å². The molecule has 0 radical (unpaired) electrons. The molecule has 1 aromatic carbocycles. The predicted molar refractivity (Wildman–Crippen MR) is 91.6 cm³/mol. The number of hydrogen-bond donors (Lipinski definition) is 2. The molecule has 3 heterocycles. The lowest BCUT2D eigenvalue weighted by Crippen LogP contribution is -2.26. The average molecular weight is 315 g/mol. The van der Waals surface area contributed by atoms with Crippen LogP contribution in [0.15, 0.2) is 79.3 Å². The van der Waals surface area contributed by atoms with E-state index in [1.165, 1.54) is 0 Å². The van der Waals surface area contributed by atoms with E-state index in [4.69, 9.17) is 0 Å². The highest BCUT2D eigenvalue weighted by Gasteiger charge is 2.23. The van der Waals surface area contributed by atoms with Gasteiger partial charge in [0.05, 0.1) is 11.8 Å². The van der Waals surface area contributed by atoms with E-state index in [9.17, 15) is 4.79 Å². The van der Waals surface area contributed by atoms with Gasteiger partial charge >= 0.3 is 5.91 Å². The van der Waals surface area contributed by atoms with Crippen LogP contribution < -0.4 is 9.72 Å². The number of nitrogens with one attached hydrogen (secondary N) is 2. The highest BCUT2D eigenvalue weighted by atomic mass is 16.1. The number of carbonyl (C=O) groups is 1. The number of fused-ring (bicyclic) bond motifs is 1. The summed E-state index contributed by atoms with van der Waals surface area (Å²) in [6.07, 6.45) is 5.11. The van der Waals surface area contributed by atoms with Crippen LogP contribution in [0.4, 0.5) is 5.82 Å². The van der Waals surface area contributed by atoms with Crippen molar-refractivity contribution in [3.8, 4) is 11.3 Å². The molecule has 0 saturated heterocycles. The first-order chi connectivity index (χ1) is 11.8. The average Bonchev–Trinajstić information content (AvgIpc) is 3.02. The Bertz CT molecular complexity index is 994. The van der Waals surface area contributed by atoms with E-state index in [-0.39, 0.29) is 5.91 Å². The predicted octanol–water partition coefficient (Wildman–Crippen LogP) is 3.07. The van der Waals surface area contributed by atoms with E-state index in [0.717, 1.165) is 16.9 Å². The Morgan fingerprint density at radius 3 is 2.62 bits per heavy atom. The van der Waals surface area contributed by atoms with Gasteiger partial charge in [-0.25, -0.2) is 9.72 Å². The Morgan fingerprint density at radius 1 is 1.00 bits per heavy atom. The maximum atomic E-state index is 12.6. The van der Waals surface area contributed by atoms with Crippen molar-refractivity contribution >= 4 is 17.4 Å². The maximum Gasteiger partial charge on any atom is 0.313 e. The molecular formula is C19H15N4O+. The van der Waals surface area contributed by atoms with Crippen molar-refractivity contribution in [1.29, 1.82) is 0 Å². The Labute approximate surface area is 138 Å². The minimum absolute atomic E-state index is 0.197. The molecule has 1 amide bonds. The van der Waals surface area contributed by atoms with E-state index < -0.39 is 0 Å². The third-order valence-corrected chi connectivity index (χ3v) is 3.81. The third-order valence-electron chi connectivity index (χ3n) is 3.81. The number of pyridine rings is 2. The zero-order valence-corrected chi connectivity index (χ0v) is 12.8. The fourth-order valence-electron chi connectivity index (χ4n) is 2.66. The summed E-state index contributed by atoms with van der Waals surface area (Å²) in [6, 6.07) is 19.2. The van der Waals surface area contributed by atoms with Gasteiger partial charge in [0.25, 0.3) is 5.82 Å². The quantitative estimate of drug-likeness (QED) is 0.571. The zero-order valence-electron chi connectivity index (χ0n) is 12.8. The molecular weight excluding hydrogens is 300 g/mol. The number of carbonyl (C=O) groups excluding carboxylic acids is 1. The molecule has 5 nitrogen and oxygen atoms in total. The van der Waals surface area contributed by atoms with Gasteiger partial charge in [-0.2, -0.15) is 0 Å². The van der Waals surface area contributed by atoms with Crippen LogP contribution in [-0.4, -0.2) is 15.9 Å². The summed E-state index contributed by atoms with van der Waals surface area (Å²) in [7, 11) is 0. The van der Waals surface area contributed by atoms with Crippen LogP contribution in [0.3, 0.4) is 0 Å². The number of H-pyrrole nitrogens is 1. The molecule has 0 aliphatic rings. The van der Waals surface area contributed by atoms with Crippen LogP contribution in [0.5, 0.6) is 0 Å². The summed E-state index contributed by atoms with van der Waals surface area (Å²) < 4.78 is 1.93. The van der Waals surface area contributed by atoms with Gasteiger partial charge in [0.15, 0.2) is 5.69 Å². The van der Waals surface area contributed by atoms with E-state index in [0.29, 0.717) is 11.4 Å². The highest BCUT2D eigenvalue weighted by Crippen LogP contribution is 2.25. The molecule has 24 heavy (non-hydrogen) atoms. The topological polar surface area (TPSA) is 61.9 Å². The minimum atomic E-state index is -0.197. The van der Waals surface area contributed by atoms with Gasteiger partial charge in [0.2, 0.25) is 5.65 Å². The third kappa shape index (κ3) is 2.52. The fraction of sp³-hybridized carbons (Fsp3) is 0. The van der Waals surface area contributed by atoms with E-state index in [1.54, 1.807) is 24.5 Å². The molecule has 4 aromatic rings. The second kappa shape index (κ2) is 5.96. The van der Waals surface area contributed by atoms with E-state index in [2.05, 4.69) is 15.3 Å². The molecule has 5 heteroatoms. The molecule has 0 aliphatic heterocycles. The van der Waals surface area contributed by atoms with Gasteiger partial charge in [-0.1, -0.05) is 36.4 Å². The van der Waals surface area contributed by atoms with Crippen LogP contribution in [0.2, 0.25) is 0 Å². The van der Waals surface area contributed by atoms with E-state index in [1.807, 2.05) is 59.1 Å². The molecule has 2 N–H and O–H groups in total. The fourth-order valence-corrected chi connectivity index (χ4v) is 2.66. The maximum absolute atomic E-state index is 12.6. The molecule has 0 unspecified atom stereocenters. The summed E-state index contributed by atoms with van der Waals surface area (Å²) >= 11 is 0. The number of amides is 1.